The summed E-state index contributed by atoms with van der Waals surface area (Å²) in [6, 6.07) is 16.1. The molecule has 2 aromatic carbocycles. The number of carbonyl (C=O) groups is 2. The third-order valence-corrected chi connectivity index (χ3v) is 4.72. The summed E-state index contributed by atoms with van der Waals surface area (Å²) in [5, 5.41) is 0. The van der Waals surface area contributed by atoms with Crippen molar-refractivity contribution in [2.45, 2.75) is 19.3 Å². The van der Waals surface area contributed by atoms with Crippen molar-refractivity contribution in [3.63, 3.8) is 0 Å². The number of hydrogen-bond donors (Lipinski definition) is 0. The number of rotatable bonds is 6. The topological polar surface area (TPSA) is 43.4 Å². The largest absolute Gasteiger partial charge is 0.497 e. The normalized spacial score (nSPS) is 17.7. The van der Waals surface area contributed by atoms with Crippen molar-refractivity contribution >= 4 is 11.6 Å². The summed E-state index contributed by atoms with van der Waals surface area (Å²) in [4.78, 5) is 26.3. The zero-order chi connectivity index (χ0) is 17.6. The van der Waals surface area contributed by atoms with Gasteiger partial charge < -0.3 is 4.74 Å². The maximum absolute atomic E-state index is 13.2. The van der Waals surface area contributed by atoms with Gasteiger partial charge in [0.15, 0.2) is 11.6 Å². The monoisotopic (exact) mass is 334 g/mol. The van der Waals surface area contributed by atoms with E-state index in [0.717, 1.165) is 19.3 Å². The highest BCUT2D eigenvalue weighted by atomic mass is 16.5. The summed E-state index contributed by atoms with van der Waals surface area (Å²) in [6.45, 7) is 0. The molecule has 0 amide bonds. The molecule has 3 nitrogen and oxygen atoms in total. The van der Waals surface area contributed by atoms with Crippen molar-refractivity contribution < 1.29 is 14.3 Å². The lowest BCUT2D eigenvalue weighted by molar-refractivity contribution is 0.0764. The quantitative estimate of drug-likeness (QED) is 0.436. The van der Waals surface area contributed by atoms with Crippen LogP contribution < -0.4 is 4.74 Å². The van der Waals surface area contributed by atoms with Crippen LogP contribution in [0.25, 0.3) is 0 Å². The number of ether oxygens (including phenoxy) is 1. The van der Waals surface area contributed by atoms with Gasteiger partial charge in [0.25, 0.3) is 0 Å². The summed E-state index contributed by atoms with van der Waals surface area (Å²) >= 11 is 0. The Morgan fingerprint density at radius 1 is 0.960 bits per heavy atom. The molecule has 0 N–H and O–H groups in total. The van der Waals surface area contributed by atoms with Gasteiger partial charge in [0.2, 0.25) is 0 Å². The molecule has 1 aliphatic rings. The number of methoxy groups -OCH3 is 1. The molecule has 2 atom stereocenters. The highest BCUT2D eigenvalue weighted by Crippen LogP contribution is 2.30. The molecule has 0 radical (unpaired) electrons. The Hall–Kier alpha value is -2.68. The fraction of sp³-hybridized carbons (Fsp3) is 0.273. The van der Waals surface area contributed by atoms with Crippen molar-refractivity contribution in [3.8, 4) is 5.75 Å². The van der Waals surface area contributed by atoms with E-state index < -0.39 is 5.92 Å². The maximum Gasteiger partial charge on any atom is 0.174 e. The smallest absolute Gasteiger partial charge is 0.174 e. The van der Waals surface area contributed by atoms with Crippen LogP contribution in [0.2, 0.25) is 0 Å². The van der Waals surface area contributed by atoms with Gasteiger partial charge in [0, 0.05) is 11.1 Å². The van der Waals surface area contributed by atoms with Crippen LogP contribution in [0.1, 0.15) is 40.0 Å². The van der Waals surface area contributed by atoms with Crippen molar-refractivity contribution in [1.82, 2.24) is 0 Å². The van der Waals surface area contributed by atoms with Crippen molar-refractivity contribution in [2.24, 2.45) is 11.8 Å². The Labute approximate surface area is 148 Å². The number of hydrogen-bond acceptors (Lipinski definition) is 3. The first kappa shape index (κ1) is 17.2. The van der Waals surface area contributed by atoms with Crippen LogP contribution in [-0.2, 0) is 0 Å². The molecule has 0 heterocycles. The van der Waals surface area contributed by atoms with E-state index in [1.165, 1.54) is 0 Å². The van der Waals surface area contributed by atoms with Crippen molar-refractivity contribution in [3.05, 3.63) is 77.9 Å². The third kappa shape index (κ3) is 3.87. The predicted octanol–water partition coefficient (Wildman–Crippen LogP) is 4.73. The van der Waals surface area contributed by atoms with E-state index in [1.54, 1.807) is 43.5 Å². The fourth-order valence-corrected chi connectivity index (χ4v) is 3.34. The second kappa shape index (κ2) is 7.93. The first-order valence-corrected chi connectivity index (χ1v) is 8.65. The average Bonchev–Trinajstić information content (AvgIpc) is 2.69. The zero-order valence-electron chi connectivity index (χ0n) is 14.4. The minimum absolute atomic E-state index is 0.0453. The molecule has 25 heavy (non-hydrogen) atoms. The van der Waals surface area contributed by atoms with Crippen LogP contribution in [0.5, 0.6) is 5.75 Å². The van der Waals surface area contributed by atoms with E-state index in [9.17, 15) is 9.59 Å². The van der Waals surface area contributed by atoms with Gasteiger partial charge in [-0.3, -0.25) is 9.59 Å². The van der Waals surface area contributed by atoms with E-state index in [0.29, 0.717) is 16.9 Å². The van der Waals surface area contributed by atoms with E-state index in [-0.39, 0.29) is 17.5 Å². The van der Waals surface area contributed by atoms with E-state index in [2.05, 4.69) is 6.08 Å². The van der Waals surface area contributed by atoms with Gasteiger partial charge >= 0.3 is 0 Å². The van der Waals surface area contributed by atoms with E-state index in [4.69, 9.17) is 4.74 Å². The minimum Gasteiger partial charge on any atom is -0.497 e. The van der Waals surface area contributed by atoms with Crippen LogP contribution in [0, 0.1) is 11.8 Å². The Bertz CT molecular complexity index is 760. The number of benzene rings is 2. The molecule has 0 aliphatic heterocycles. The van der Waals surface area contributed by atoms with Crippen LogP contribution >= 0.6 is 0 Å². The molecule has 3 heteroatoms. The van der Waals surface area contributed by atoms with Crippen LogP contribution in [0.15, 0.2) is 66.7 Å². The molecule has 0 bridgehead atoms. The molecule has 0 aromatic heterocycles. The van der Waals surface area contributed by atoms with Gasteiger partial charge in [-0.15, -0.1) is 0 Å². The minimum atomic E-state index is -0.674. The molecule has 0 saturated heterocycles. The molecule has 0 spiro atoms. The molecular weight excluding hydrogens is 312 g/mol. The Balaban J connectivity index is 1.94. The highest BCUT2D eigenvalue weighted by molar-refractivity contribution is 6.16. The zero-order valence-corrected chi connectivity index (χ0v) is 14.4. The number of ketones is 2. The second-order valence-corrected chi connectivity index (χ2v) is 6.32. The van der Waals surface area contributed by atoms with Crippen molar-refractivity contribution in [1.29, 1.82) is 0 Å². The first-order chi connectivity index (χ1) is 12.2. The Morgan fingerprint density at radius 3 is 2.16 bits per heavy atom. The highest BCUT2D eigenvalue weighted by Gasteiger charge is 2.34. The lowest BCUT2D eigenvalue weighted by Gasteiger charge is -2.25. The second-order valence-electron chi connectivity index (χ2n) is 6.32. The number of carbonyl (C=O) groups excluding carboxylic acids is 2. The fourth-order valence-electron chi connectivity index (χ4n) is 3.34. The number of Topliss-reactive ketones (excluding diaryl/α,β-unsaturated/α-hetero) is 2. The molecule has 0 saturated carbocycles. The lowest BCUT2D eigenvalue weighted by Crippen LogP contribution is -2.31. The third-order valence-electron chi connectivity index (χ3n) is 4.72. The molecule has 0 fully saturated rings. The van der Waals surface area contributed by atoms with Gasteiger partial charge in [0.1, 0.15) is 5.75 Å². The summed E-state index contributed by atoms with van der Waals surface area (Å²) in [7, 11) is 1.59. The molecular formula is C22H22O3. The number of allylic oxidation sites excluding steroid dienone is 2. The average molecular weight is 334 g/mol. The predicted molar refractivity (Wildman–Crippen MR) is 98.1 cm³/mol. The molecule has 3 rings (SSSR count). The molecule has 1 aliphatic carbocycles. The summed E-state index contributed by atoms with van der Waals surface area (Å²) < 4.78 is 5.15. The Morgan fingerprint density at radius 2 is 1.60 bits per heavy atom. The first-order valence-electron chi connectivity index (χ1n) is 8.65. The Kier molecular flexibility index (Phi) is 5.44. The maximum atomic E-state index is 13.2. The van der Waals surface area contributed by atoms with Gasteiger partial charge in [0.05, 0.1) is 13.0 Å². The van der Waals surface area contributed by atoms with Crippen molar-refractivity contribution in [2.75, 3.05) is 7.11 Å². The van der Waals surface area contributed by atoms with Crippen LogP contribution in [-0.4, -0.2) is 18.7 Å². The summed E-state index contributed by atoms with van der Waals surface area (Å²) in [6.07, 6.45) is 7.01. The molecule has 2 aromatic rings. The van der Waals surface area contributed by atoms with E-state index in [1.807, 2.05) is 24.3 Å². The van der Waals surface area contributed by atoms with Crippen LogP contribution in [0.3, 0.4) is 0 Å². The summed E-state index contributed by atoms with van der Waals surface area (Å²) in [5.41, 5.74) is 1.14. The van der Waals surface area contributed by atoms with Gasteiger partial charge in [-0.25, -0.2) is 0 Å². The molecule has 128 valence electrons. The summed E-state index contributed by atoms with van der Waals surface area (Å²) in [5.74, 6) is -0.241. The van der Waals surface area contributed by atoms with Crippen LogP contribution in [0.4, 0.5) is 0 Å². The lowest BCUT2D eigenvalue weighted by atomic mass is 9.76. The van der Waals surface area contributed by atoms with E-state index >= 15 is 0 Å². The standard InChI is InChI=1S/C22H22O3/c1-25-19-14-12-18(13-15-19)22(24)20(16-8-4-2-5-9-16)21(23)17-10-6-3-7-11-17/h3-4,6-8,10-16,20H,2,5,9H2,1H3. The van der Waals surface area contributed by atoms with Gasteiger partial charge in [-0.05, 0) is 49.4 Å². The SMILES string of the molecule is COc1ccc(C(=O)C(C(=O)c2ccccc2)C2C=CCCC2)cc1. The molecule has 2 unspecified atom stereocenters. The van der Waals surface area contributed by atoms with Gasteiger partial charge in [-0.2, -0.15) is 0 Å². The van der Waals surface area contributed by atoms with Gasteiger partial charge in [-0.1, -0.05) is 42.5 Å².